The molecule has 0 saturated carbocycles. The summed E-state index contributed by atoms with van der Waals surface area (Å²) in [6.07, 6.45) is 2.25. The molecule has 8 heteroatoms. The molecule has 8 nitrogen and oxygen atoms in total. The molecule has 0 unspecified atom stereocenters. The average Bonchev–Trinajstić information content (AvgIpc) is 3.47. The maximum atomic E-state index is 13.1. The van der Waals surface area contributed by atoms with Crippen LogP contribution in [0.2, 0.25) is 0 Å². The monoisotopic (exact) mass is 406 g/mol. The lowest BCUT2D eigenvalue weighted by Gasteiger charge is -2.38. The number of carbonyl (C=O) groups excluding carboxylic acids is 2. The fraction of sp³-hybridized carbons (Fsp3) is 0.545. The Morgan fingerprint density at radius 3 is 2.87 bits per heavy atom. The van der Waals surface area contributed by atoms with Gasteiger partial charge < -0.3 is 15.5 Å². The molecular weight excluding hydrogens is 380 g/mol. The summed E-state index contributed by atoms with van der Waals surface area (Å²) in [5, 5.41) is 18.4. The van der Waals surface area contributed by atoms with E-state index < -0.39 is 6.04 Å². The van der Waals surface area contributed by atoms with Crippen LogP contribution in [-0.2, 0) is 9.59 Å². The number of fused-ring (bicyclic) bond motifs is 2. The maximum absolute atomic E-state index is 13.1. The van der Waals surface area contributed by atoms with E-state index in [0.717, 1.165) is 18.4 Å². The van der Waals surface area contributed by atoms with E-state index in [0.29, 0.717) is 31.6 Å². The Hall–Kier alpha value is -2.94. The van der Waals surface area contributed by atoms with E-state index in [-0.39, 0.29) is 36.0 Å². The average molecular weight is 406 g/mol. The smallest absolute Gasteiger partial charge is 0.241 e. The number of benzene rings is 1. The molecule has 3 aliphatic rings. The number of nitriles is 2. The van der Waals surface area contributed by atoms with Crippen LogP contribution in [0.3, 0.4) is 0 Å². The Labute approximate surface area is 176 Å². The first-order valence-corrected chi connectivity index (χ1v) is 10.5. The Kier molecular flexibility index (Phi) is 5.46. The lowest BCUT2D eigenvalue weighted by Crippen LogP contribution is -2.56. The first-order chi connectivity index (χ1) is 14.4. The van der Waals surface area contributed by atoms with Crippen LogP contribution in [0.15, 0.2) is 24.3 Å². The molecule has 0 aliphatic carbocycles. The number of rotatable bonds is 5. The zero-order chi connectivity index (χ0) is 21.4. The Morgan fingerprint density at radius 1 is 1.37 bits per heavy atom. The van der Waals surface area contributed by atoms with Crippen LogP contribution in [0.5, 0.6) is 0 Å². The van der Waals surface area contributed by atoms with Gasteiger partial charge in [0.15, 0.2) is 0 Å². The predicted molar refractivity (Wildman–Crippen MR) is 109 cm³/mol. The van der Waals surface area contributed by atoms with Crippen LogP contribution in [0.4, 0.5) is 0 Å². The van der Waals surface area contributed by atoms with Gasteiger partial charge in [0.1, 0.15) is 6.04 Å². The van der Waals surface area contributed by atoms with Crippen LogP contribution in [0, 0.1) is 22.7 Å². The lowest BCUT2D eigenvalue weighted by molar-refractivity contribution is -0.140. The molecule has 156 valence electrons. The van der Waals surface area contributed by atoms with Crippen molar-refractivity contribution in [2.45, 2.75) is 56.4 Å². The Morgan fingerprint density at radius 2 is 2.17 bits per heavy atom. The second kappa shape index (κ2) is 8.06. The highest BCUT2D eigenvalue weighted by atomic mass is 16.2. The van der Waals surface area contributed by atoms with Crippen LogP contribution in [0.25, 0.3) is 0 Å². The molecule has 30 heavy (non-hydrogen) atoms. The van der Waals surface area contributed by atoms with E-state index in [1.54, 1.807) is 11.0 Å². The van der Waals surface area contributed by atoms with Gasteiger partial charge in [0.2, 0.25) is 11.8 Å². The van der Waals surface area contributed by atoms with Crippen molar-refractivity contribution in [1.29, 1.82) is 10.5 Å². The first-order valence-electron chi connectivity index (χ1n) is 10.5. The summed E-state index contributed by atoms with van der Waals surface area (Å²) in [5.74, 6) is -0.148. The highest BCUT2D eigenvalue weighted by Gasteiger charge is 2.51. The number of amides is 2. The molecule has 0 spiro atoms. The van der Waals surface area contributed by atoms with Gasteiger partial charge in [-0.1, -0.05) is 12.1 Å². The summed E-state index contributed by atoms with van der Waals surface area (Å²) in [6.45, 7) is 3.57. The highest BCUT2D eigenvalue weighted by Crippen LogP contribution is 2.38. The van der Waals surface area contributed by atoms with Crippen molar-refractivity contribution in [3.63, 3.8) is 0 Å². The minimum Gasteiger partial charge on any atom is -0.330 e. The van der Waals surface area contributed by atoms with E-state index in [1.807, 2.05) is 34.9 Å². The van der Waals surface area contributed by atoms with Crippen molar-refractivity contribution in [3.05, 3.63) is 35.4 Å². The summed E-state index contributed by atoms with van der Waals surface area (Å²) >= 11 is 0. The Balaban J connectivity index is 1.40. The van der Waals surface area contributed by atoms with Gasteiger partial charge in [-0.2, -0.15) is 10.5 Å². The van der Waals surface area contributed by atoms with Crippen molar-refractivity contribution in [2.75, 3.05) is 19.6 Å². The summed E-state index contributed by atoms with van der Waals surface area (Å²) in [7, 11) is 0. The third kappa shape index (κ3) is 3.43. The quantitative estimate of drug-likeness (QED) is 0.771. The van der Waals surface area contributed by atoms with Crippen LogP contribution in [-0.4, -0.2) is 70.3 Å². The summed E-state index contributed by atoms with van der Waals surface area (Å²) in [5.41, 5.74) is 7.72. The van der Waals surface area contributed by atoms with Gasteiger partial charge in [0, 0.05) is 25.7 Å². The summed E-state index contributed by atoms with van der Waals surface area (Å²) < 4.78 is 0. The second-order valence-corrected chi connectivity index (χ2v) is 8.44. The van der Waals surface area contributed by atoms with Crippen LogP contribution >= 0.6 is 0 Å². The number of piperazine rings is 1. The zero-order valence-electron chi connectivity index (χ0n) is 17.1. The lowest BCUT2D eigenvalue weighted by atomic mass is 10.0. The topological polar surface area (TPSA) is 117 Å². The molecule has 0 aromatic heterocycles. The molecule has 2 amide bonds. The van der Waals surface area contributed by atoms with E-state index in [2.05, 4.69) is 12.1 Å². The summed E-state index contributed by atoms with van der Waals surface area (Å²) in [4.78, 5) is 31.3. The molecule has 4 rings (SSSR count). The van der Waals surface area contributed by atoms with Gasteiger partial charge in [-0.25, -0.2) is 0 Å². The van der Waals surface area contributed by atoms with Crippen LogP contribution < -0.4 is 5.73 Å². The van der Waals surface area contributed by atoms with Gasteiger partial charge in [-0.3, -0.25) is 14.5 Å². The highest BCUT2D eigenvalue weighted by molar-refractivity contribution is 5.87. The van der Waals surface area contributed by atoms with Crippen molar-refractivity contribution in [1.82, 2.24) is 14.7 Å². The van der Waals surface area contributed by atoms with E-state index in [1.165, 1.54) is 0 Å². The van der Waals surface area contributed by atoms with Crippen molar-refractivity contribution < 1.29 is 9.59 Å². The number of hydrogen-bond donors (Lipinski definition) is 1. The van der Waals surface area contributed by atoms with Crippen LogP contribution in [0.1, 0.15) is 43.4 Å². The van der Waals surface area contributed by atoms with Gasteiger partial charge in [-0.05, 0) is 43.9 Å². The third-order valence-electron chi connectivity index (χ3n) is 6.66. The fourth-order valence-corrected chi connectivity index (χ4v) is 5.14. The minimum atomic E-state index is -0.732. The zero-order valence-corrected chi connectivity index (χ0v) is 17.1. The maximum Gasteiger partial charge on any atom is 0.241 e. The molecule has 1 aromatic carbocycles. The third-order valence-corrected chi connectivity index (χ3v) is 6.66. The molecule has 3 aliphatic heterocycles. The van der Waals surface area contributed by atoms with Crippen molar-refractivity contribution >= 4 is 11.8 Å². The van der Waals surface area contributed by atoms with Gasteiger partial charge in [-0.15, -0.1) is 0 Å². The molecule has 3 heterocycles. The minimum absolute atomic E-state index is 0.0526. The van der Waals surface area contributed by atoms with E-state index >= 15 is 0 Å². The Bertz CT molecular complexity index is 934. The number of carbonyl (C=O) groups is 2. The van der Waals surface area contributed by atoms with Gasteiger partial charge in [0.25, 0.3) is 0 Å². The molecule has 3 fully saturated rings. The van der Waals surface area contributed by atoms with E-state index in [4.69, 9.17) is 11.0 Å². The molecular formula is C22H26N6O2. The second-order valence-electron chi connectivity index (χ2n) is 8.44. The molecule has 0 radical (unpaired) electrons. The standard InChI is InChI=1S/C22H26N6O2/c1-14(16-5-2-4-15(8-16)10-23)28-18-9-20(22(28)30)26(12-18)13-19(25)21(29)27-7-3-6-17(27)11-24/h2,4-5,8,14,17-20H,3,6-7,9,12-13,25H2,1H3/t14-,17-,18+,19-,20+/m0/s1. The first kappa shape index (κ1) is 20.3. The fourth-order valence-electron chi connectivity index (χ4n) is 5.14. The predicted octanol–water partition coefficient (Wildman–Crippen LogP) is 0.746. The number of nitrogens with two attached hydrogens (primary N) is 1. The molecule has 2 bridgehead atoms. The number of nitrogens with zero attached hydrogens (tertiary/aromatic N) is 5. The van der Waals surface area contributed by atoms with E-state index in [9.17, 15) is 14.9 Å². The summed E-state index contributed by atoms with van der Waals surface area (Å²) in [6, 6.07) is 10.3. The molecule has 2 N–H and O–H groups in total. The normalized spacial score (nSPS) is 27.7. The number of likely N-dealkylation sites (tertiary alicyclic amines) is 3. The number of hydrogen-bond acceptors (Lipinski definition) is 6. The largest absolute Gasteiger partial charge is 0.330 e. The molecule has 3 saturated heterocycles. The molecule has 5 atom stereocenters. The van der Waals surface area contributed by atoms with Gasteiger partial charge in [0.05, 0.1) is 35.8 Å². The molecule has 1 aromatic rings. The van der Waals surface area contributed by atoms with Crippen molar-refractivity contribution in [3.8, 4) is 12.1 Å². The van der Waals surface area contributed by atoms with Crippen molar-refractivity contribution in [2.24, 2.45) is 5.73 Å². The van der Waals surface area contributed by atoms with Gasteiger partial charge >= 0.3 is 0 Å². The SMILES string of the molecule is C[C@@H](c1cccc(C#N)c1)N1C(=O)[C@H]2C[C@@H]1CN2C[C@H](N)C(=O)N1CCC[C@H]1C#N.